The second-order valence-electron chi connectivity index (χ2n) is 7.20. The van der Waals surface area contributed by atoms with Gasteiger partial charge in [0.25, 0.3) is 11.8 Å². The third-order valence-electron chi connectivity index (χ3n) is 4.82. The van der Waals surface area contributed by atoms with Gasteiger partial charge in [0.15, 0.2) is 18.1 Å². The molecular formula is C25H23N3O6. The molecule has 0 fully saturated rings. The van der Waals surface area contributed by atoms with E-state index in [0.29, 0.717) is 28.7 Å². The van der Waals surface area contributed by atoms with E-state index in [4.69, 9.17) is 18.9 Å². The van der Waals surface area contributed by atoms with Crippen LogP contribution in [-0.4, -0.2) is 44.5 Å². The molecule has 0 saturated heterocycles. The number of nitrogens with one attached hydrogen (secondary N) is 2. The molecule has 1 aliphatic heterocycles. The number of anilines is 1. The summed E-state index contributed by atoms with van der Waals surface area (Å²) >= 11 is 0. The van der Waals surface area contributed by atoms with E-state index in [9.17, 15) is 9.59 Å². The Morgan fingerprint density at radius 3 is 2.56 bits per heavy atom. The van der Waals surface area contributed by atoms with Gasteiger partial charge in [0.05, 0.1) is 19.0 Å². The lowest BCUT2D eigenvalue weighted by atomic mass is 10.2. The number of nitrogens with zero attached hydrogens (tertiary/aromatic N) is 1. The van der Waals surface area contributed by atoms with Gasteiger partial charge < -0.3 is 24.3 Å². The predicted molar refractivity (Wildman–Crippen MR) is 126 cm³/mol. The average Bonchev–Trinajstić information content (AvgIpc) is 2.88. The molecule has 0 saturated carbocycles. The molecule has 0 aliphatic carbocycles. The molecule has 9 heteroatoms. The van der Waals surface area contributed by atoms with E-state index in [1.54, 1.807) is 60.7 Å². The summed E-state index contributed by atoms with van der Waals surface area (Å²) in [6, 6.07) is 21.2. The van der Waals surface area contributed by atoms with Gasteiger partial charge in [-0.25, -0.2) is 5.43 Å². The van der Waals surface area contributed by atoms with Gasteiger partial charge in [0, 0.05) is 0 Å². The van der Waals surface area contributed by atoms with Gasteiger partial charge in [0.1, 0.15) is 18.1 Å². The monoisotopic (exact) mass is 461 g/mol. The lowest BCUT2D eigenvalue weighted by Crippen LogP contribution is -2.42. The van der Waals surface area contributed by atoms with Crippen LogP contribution in [0.25, 0.3) is 0 Å². The first-order chi connectivity index (χ1) is 16.6. The third-order valence-corrected chi connectivity index (χ3v) is 4.82. The van der Waals surface area contributed by atoms with Crippen molar-refractivity contribution < 1.29 is 28.5 Å². The Bertz CT molecular complexity index is 1180. The van der Waals surface area contributed by atoms with Gasteiger partial charge in [-0.05, 0) is 54.1 Å². The quantitative estimate of drug-likeness (QED) is 0.395. The van der Waals surface area contributed by atoms with Crippen LogP contribution in [0.15, 0.2) is 77.9 Å². The number of benzene rings is 3. The van der Waals surface area contributed by atoms with E-state index in [1.165, 1.54) is 13.3 Å². The Balaban J connectivity index is 1.23. The van der Waals surface area contributed by atoms with Crippen LogP contribution in [-0.2, 0) is 9.59 Å². The van der Waals surface area contributed by atoms with Crippen molar-refractivity contribution in [3.05, 3.63) is 78.4 Å². The number of ether oxygens (including phenoxy) is 4. The molecule has 4 rings (SSSR count). The Hall–Kier alpha value is -4.53. The van der Waals surface area contributed by atoms with E-state index in [0.717, 1.165) is 5.56 Å². The second-order valence-corrected chi connectivity index (χ2v) is 7.20. The highest BCUT2D eigenvalue weighted by Crippen LogP contribution is 2.30. The van der Waals surface area contributed by atoms with E-state index in [-0.39, 0.29) is 19.1 Å². The first kappa shape index (κ1) is 22.7. The summed E-state index contributed by atoms with van der Waals surface area (Å²) in [4.78, 5) is 24.4. The summed E-state index contributed by atoms with van der Waals surface area (Å²) in [6.07, 6.45) is 0.707. The number of hydrogen-bond donors (Lipinski definition) is 2. The zero-order valence-electron chi connectivity index (χ0n) is 18.4. The van der Waals surface area contributed by atoms with Crippen LogP contribution in [0.4, 0.5) is 5.69 Å². The molecule has 34 heavy (non-hydrogen) atoms. The van der Waals surface area contributed by atoms with Crippen LogP contribution in [0.5, 0.6) is 23.0 Å². The Kier molecular flexibility index (Phi) is 7.24. The first-order valence-corrected chi connectivity index (χ1v) is 10.5. The Morgan fingerprint density at radius 1 is 1.03 bits per heavy atom. The molecule has 3 aromatic rings. The van der Waals surface area contributed by atoms with Crippen molar-refractivity contribution in [1.82, 2.24) is 5.43 Å². The fourth-order valence-corrected chi connectivity index (χ4v) is 3.12. The fourth-order valence-electron chi connectivity index (χ4n) is 3.12. The van der Waals surface area contributed by atoms with Gasteiger partial charge in [0.2, 0.25) is 6.10 Å². The maximum Gasteiger partial charge on any atom is 0.284 e. The first-order valence-electron chi connectivity index (χ1n) is 10.5. The molecule has 1 heterocycles. The molecule has 3 aromatic carbocycles. The molecule has 2 N–H and O–H groups in total. The molecule has 1 aliphatic rings. The van der Waals surface area contributed by atoms with Crippen molar-refractivity contribution >= 4 is 23.7 Å². The molecule has 1 atom stereocenters. The van der Waals surface area contributed by atoms with Gasteiger partial charge >= 0.3 is 0 Å². The number of carbonyl (C=O) groups excluding carboxylic acids is 2. The van der Waals surface area contributed by atoms with Crippen LogP contribution >= 0.6 is 0 Å². The van der Waals surface area contributed by atoms with Crippen molar-refractivity contribution in [2.24, 2.45) is 5.10 Å². The maximum atomic E-state index is 12.3. The lowest BCUT2D eigenvalue weighted by molar-refractivity contribution is -0.130. The summed E-state index contributed by atoms with van der Waals surface area (Å²) in [6.45, 7) is -0.0524. The second kappa shape index (κ2) is 10.9. The zero-order valence-corrected chi connectivity index (χ0v) is 18.4. The SMILES string of the molecule is COc1ccccc1NC(=O)COc1ccc(/C=N\NC(=O)[C@@H]2COc3ccccc3O2)cc1. The van der Waals surface area contributed by atoms with Crippen molar-refractivity contribution in [3.63, 3.8) is 0 Å². The zero-order chi connectivity index (χ0) is 23.8. The molecule has 9 nitrogen and oxygen atoms in total. The van der Waals surface area contributed by atoms with Gasteiger partial charge in [-0.2, -0.15) is 5.10 Å². The molecular weight excluding hydrogens is 438 g/mol. The minimum atomic E-state index is -0.787. The average molecular weight is 461 g/mol. The number of amides is 2. The third kappa shape index (κ3) is 5.83. The molecule has 0 bridgehead atoms. The standard InChI is InChI=1S/C25H23N3O6/c1-31-20-7-3-2-6-19(20)27-24(29)16-32-18-12-10-17(11-13-18)14-26-28-25(30)23-15-33-21-8-4-5-9-22(21)34-23/h2-14,23H,15-16H2,1H3,(H,27,29)(H,28,30)/b26-14-/t23-/m0/s1. The number of hydrogen-bond acceptors (Lipinski definition) is 7. The minimum Gasteiger partial charge on any atom is -0.495 e. The number of methoxy groups -OCH3 is 1. The van der Waals surface area contributed by atoms with Gasteiger partial charge in [-0.15, -0.1) is 0 Å². The smallest absolute Gasteiger partial charge is 0.284 e. The van der Waals surface area contributed by atoms with Crippen molar-refractivity contribution in [1.29, 1.82) is 0 Å². The normalized spacial score (nSPS) is 14.3. The summed E-state index contributed by atoms with van der Waals surface area (Å²) < 4.78 is 21.9. The summed E-state index contributed by atoms with van der Waals surface area (Å²) in [5.74, 6) is 1.49. The maximum absolute atomic E-state index is 12.3. The number of para-hydroxylation sites is 4. The number of fused-ring (bicyclic) bond motifs is 1. The Labute approximate surface area is 196 Å². The minimum absolute atomic E-state index is 0.106. The van der Waals surface area contributed by atoms with Crippen LogP contribution in [0.2, 0.25) is 0 Å². The summed E-state index contributed by atoms with van der Waals surface area (Å²) in [5, 5.41) is 6.71. The van der Waals surface area contributed by atoms with Crippen LogP contribution < -0.4 is 29.7 Å². The molecule has 0 unspecified atom stereocenters. The summed E-state index contributed by atoms with van der Waals surface area (Å²) in [7, 11) is 1.54. The molecule has 174 valence electrons. The molecule has 0 spiro atoms. The predicted octanol–water partition coefficient (Wildman–Crippen LogP) is 3.00. The van der Waals surface area contributed by atoms with E-state index < -0.39 is 12.0 Å². The molecule has 0 aromatic heterocycles. The van der Waals surface area contributed by atoms with Gasteiger partial charge in [-0.3, -0.25) is 9.59 Å². The van der Waals surface area contributed by atoms with Crippen molar-refractivity contribution in [2.45, 2.75) is 6.10 Å². The molecule has 0 radical (unpaired) electrons. The van der Waals surface area contributed by atoms with Crippen LogP contribution in [0.1, 0.15) is 5.56 Å². The lowest BCUT2D eigenvalue weighted by Gasteiger charge is -2.24. The van der Waals surface area contributed by atoms with Crippen LogP contribution in [0, 0.1) is 0 Å². The van der Waals surface area contributed by atoms with E-state index >= 15 is 0 Å². The fraction of sp³-hybridized carbons (Fsp3) is 0.160. The highest BCUT2D eigenvalue weighted by atomic mass is 16.6. The Morgan fingerprint density at radius 2 is 1.76 bits per heavy atom. The number of carbonyl (C=O) groups is 2. The highest BCUT2D eigenvalue weighted by Gasteiger charge is 2.26. The number of hydrazone groups is 1. The van der Waals surface area contributed by atoms with Gasteiger partial charge in [-0.1, -0.05) is 24.3 Å². The van der Waals surface area contributed by atoms with Crippen molar-refractivity contribution in [3.8, 4) is 23.0 Å². The van der Waals surface area contributed by atoms with Crippen LogP contribution in [0.3, 0.4) is 0 Å². The van der Waals surface area contributed by atoms with E-state index in [2.05, 4.69) is 15.8 Å². The number of rotatable bonds is 8. The topological polar surface area (TPSA) is 107 Å². The van der Waals surface area contributed by atoms with Crippen molar-refractivity contribution in [2.75, 3.05) is 25.6 Å². The van der Waals surface area contributed by atoms with E-state index in [1.807, 2.05) is 12.1 Å². The molecule has 2 amide bonds. The highest BCUT2D eigenvalue weighted by molar-refractivity contribution is 5.93. The summed E-state index contributed by atoms with van der Waals surface area (Å²) in [5.41, 5.74) is 3.75. The largest absolute Gasteiger partial charge is 0.495 e.